The third-order valence-electron chi connectivity index (χ3n) is 8.32. The smallest absolute Gasteiger partial charge is 0.266 e. The van der Waals surface area contributed by atoms with Crippen LogP contribution >= 0.6 is 0 Å². The molecule has 0 heterocycles. The Labute approximate surface area is 368 Å². The van der Waals surface area contributed by atoms with Crippen LogP contribution in [0, 0.1) is 10.1 Å². The number of hydrazone groups is 1. The number of ether oxygens (including phenoxy) is 2. The number of carbonyl (C=O) groups is 5. The minimum absolute atomic E-state index is 0.00450. The number of hydrogen-bond donors (Lipinski definition) is 7. The summed E-state index contributed by atoms with van der Waals surface area (Å²) in [6.45, 7) is 16.8. The molecule has 0 bridgehead atoms. The molecule has 0 aliphatic heterocycles. The van der Waals surface area contributed by atoms with E-state index in [1.54, 1.807) is 117 Å². The van der Waals surface area contributed by atoms with Crippen LogP contribution in [-0.4, -0.2) is 99.2 Å². The van der Waals surface area contributed by atoms with Crippen molar-refractivity contribution in [2.75, 3.05) is 45.8 Å². The van der Waals surface area contributed by atoms with Gasteiger partial charge in [-0.3, -0.25) is 24.0 Å². The largest absolute Gasteiger partial charge is 0.381 e. The zero-order chi connectivity index (χ0) is 47.0. The number of amides is 5. The Morgan fingerprint density at radius 3 is 1.92 bits per heavy atom. The lowest BCUT2D eigenvalue weighted by molar-refractivity contribution is -0.485. The van der Waals surface area contributed by atoms with Gasteiger partial charge in [-0.25, -0.2) is 10.1 Å². The van der Waals surface area contributed by atoms with Crippen molar-refractivity contribution in [1.82, 2.24) is 26.6 Å². The number of hydrogen-bond acceptors (Lipinski definition) is 9. The maximum atomic E-state index is 13.8. The first-order valence-corrected chi connectivity index (χ1v) is 19.6. The second-order valence-electron chi connectivity index (χ2n) is 13.1. The molecule has 0 aliphatic rings. The van der Waals surface area contributed by atoms with Gasteiger partial charge in [0.15, 0.2) is 5.03 Å². The van der Waals surface area contributed by atoms with Crippen molar-refractivity contribution in [2.45, 2.75) is 44.3 Å². The summed E-state index contributed by atoms with van der Waals surface area (Å²) in [6, 6.07) is 18.9. The van der Waals surface area contributed by atoms with Crippen LogP contribution in [0.1, 0.15) is 46.8 Å². The lowest BCUT2D eigenvalue weighted by Crippen LogP contribution is -2.57. The fourth-order valence-corrected chi connectivity index (χ4v) is 5.30. The summed E-state index contributed by atoms with van der Waals surface area (Å²) in [7, 11) is 3.28. The molecular formula is C45H59N9O9. The van der Waals surface area contributed by atoms with E-state index in [0.29, 0.717) is 35.6 Å². The zero-order valence-corrected chi connectivity index (χ0v) is 36.0. The number of carbonyl (C=O) groups excluding carboxylic acids is 5. The van der Waals surface area contributed by atoms with Gasteiger partial charge in [-0.1, -0.05) is 98.1 Å². The first-order chi connectivity index (χ1) is 30.2. The van der Waals surface area contributed by atoms with E-state index in [1.165, 1.54) is 6.92 Å². The molecule has 0 saturated heterocycles. The zero-order valence-electron chi connectivity index (χ0n) is 36.0. The van der Waals surface area contributed by atoms with Gasteiger partial charge >= 0.3 is 0 Å². The number of anilines is 1. The minimum Gasteiger partial charge on any atom is -0.381 e. The molecule has 18 nitrogen and oxygen atoms in total. The topological polar surface area (TPSA) is 258 Å². The molecule has 3 atom stereocenters. The highest BCUT2D eigenvalue weighted by atomic mass is 16.7. The normalized spacial score (nSPS) is 11.7. The highest BCUT2D eigenvalue weighted by Crippen LogP contribution is 2.22. The summed E-state index contributed by atoms with van der Waals surface area (Å²) in [6.07, 6.45) is 6.81. The van der Waals surface area contributed by atoms with Gasteiger partial charge in [0.1, 0.15) is 23.2 Å². The molecule has 0 radical (unpaired) electrons. The fraction of sp³-hybridized carbons (Fsp3) is 0.289. The summed E-state index contributed by atoms with van der Waals surface area (Å²) >= 11 is 0. The van der Waals surface area contributed by atoms with E-state index in [0.717, 1.165) is 5.56 Å². The lowest BCUT2D eigenvalue weighted by Gasteiger charge is -2.25. The number of methoxy groups -OCH3 is 2. The maximum Gasteiger partial charge on any atom is 0.266 e. The molecule has 0 saturated carbocycles. The summed E-state index contributed by atoms with van der Waals surface area (Å²) in [5.41, 5.74) is 8.38. The van der Waals surface area contributed by atoms with Crippen molar-refractivity contribution in [3.63, 3.8) is 0 Å². The average Bonchev–Trinajstić information content (AvgIpc) is 3.27. The minimum atomic E-state index is -1.22. The van der Waals surface area contributed by atoms with Crippen molar-refractivity contribution < 1.29 is 38.5 Å². The molecular weight excluding hydrogens is 811 g/mol. The van der Waals surface area contributed by atoms with Crippen LogP contribution in [-0.2, 0) is 35.1 Å². The third kappa shape index (κ3) is 22.1. The first kappa shape index (κ1) is 53.6. The Morgan fingerprint density at radius 1 is 0.778 bits per heavy atom. The van der Waals surface area contributed by atoms with Crippen molar-refractivity contribution in [3.8, 4) is 0 Å². The van der Waals surface area contributed by atoms with Crippen LogP contribution < -0.4 is 37.6 Å². The quantitative estimate of drug-likeness (QED) is 0.0181. The molecule has 0 fully saturated rings. The SMILES string of the molecule is C=CCOC.C=CCOC.C=Cc1cccc(NC(=O)CNC(=O)C(CCCN/C(N)=N\[N+](=O)[O-])NC(=O)[C@@H](Cc2ccccc2)NC(=O)[C@H](C)NC(=O)c2ccccc2)c1C=C. The van der Waals surface area contributed by atoms with Crippen LogP contribution in [0.15, 0.2) is 122 Å². The Hall–Kier alpha value is -7.44. The predicted molar refractivity (Wildman–Crippen MR) is 246 cm³/mol. The maximum absolute atomic E-state index is 13.8. The highest BCUT2D eigenvalue weighted by molar-refractivity contribution is 6.00. The highest BCUT2D eigenvalue weighted by Gasteiger charge is 2.29. The standard InChI is InChI=1S/C37H43N9O7.2C4H8O/c1-4-26-18-12-19-29(28(26)5-2)42-32(47)23-40-35(50)30(20-13-21-39-37(38)45-46(52)53)43-36(51)31(22-25-14-8-6-9-15-25)44-33(48)24(3)41-34(49)27-16-10-7-11-17-27;2*1-3-4-5-2/h4-12,14-19,24,30-31H,1-2,13,20-23H2,3H3,(H,40,50)(H,41,49)(H,42,47)(H,43,51)(H,44,48)(H3,38,39,45);2*3H,1,4H2,2H3/t24-,30?,31+;;/m0../s1. The molecule has 0 aliphatic carbocycles. The van der Waals surface area contributed by atoms with Crippen molar-refractivity contribution >= 4 is 53.3 Å². The second-order valence-corrected chi connectivity index (χ2v) is 13.1. The predicted octanol–water partition coefficient (Wildman–Crippen LogP) is 3.57. The van der Waals surface area contributed by atoms with Crippen LogP contribution in [0.5, 0.6) is 0 Å². The van der Waals surface area contributed by atoms with E-state index in [2.05, 4.69) is 72.8 Å². The van der Waals surface area contributed by atoms with Gasteiger partial charge in [0, 0.05) is 44.0 Å². The van der Waals surface area contributed by atoms with Crippen molar-refractivity contribution in [2.24, 2.45) is 10.8 Å². The van der Waals surface area contributed by atoms with E-state index >= 15 is 0 Å². The summed E-state index contributed by atoms with van der Waals surface area (Å²) in [4.78, 5) is 76.7. The van der Waals surface area contributed by atoms with Crippen LogP contribution in [0.3, 0.4) is 0 Å². The first-order valence-electron chi connectivity index (χ1n) is 19.6. The van der Waals surface area contributed by atoms with Gasteiger partial charge < -0.3 is 47.1 Å². The molecule has 63 heavy (non-hydrogen) atoms. The van der Waals surface area contributed by atoms with Gasteiger partial charge in [-0.2, -0.15) is 0 Å². The van der Waals surface area contributed by atoms with Gasteiger partial charge in [-0.15, -0.1) is 13.2 Å². The fourth-order valence-electron chi connectivity index (χ4n) is 5.30. The van der Waals surface area contributed by atoms with Gasteiger partial charge in [0.25, 0.3) is 11.9 Å². The van der Waals surface area contributed by atoms with Crippen LogP contribution in [0.25, 0.3) is 12.2 Å². The van der Waals surface area contributed by atoms with E-state index in [4.69, 9.17) is 5.73 Å². The summed E-state index contributed by atoms with van der Waals surface area (Å²) < 4.78 is 9.15. The van der Waals surface area contributed by atoms with Gasteiger partial charge in [0.05, 0.1) is 19.8 Å². The van der Waals surface area contributed by atoms with Crippen LogP contribution in [0.2, 0.25) is 0 Å². The van der Waals surface area contributed by atoms with Gasteiger partial charge in [-0.05, 0) is 49.1 Å². The Bertz CT molecular complexity index is 1980. The monoisotopic (exact) mass is 869 g/mol. The Kier molecular flexibility index (Phi) is 26.7. The number of rotatable bonds is 23. The van der Waals surface area contributed by atoms with Crippen LogP contribution in [0.4, 0.5) is 5.69 Å². The molecule has 3 aromatic carbocycles. The number of benzene rings is 3. The number of nitrogens with two attached hydrogens (primary N) is 1. The van der Waals surface area contributed by atoms with E-state index in [9.17, 15) is 34.1 Å². The molecule has 5 amide bonds. The number of nitrogens with zero attached hydrogens (tertiary/aromatic N) is 2. The number of nitro groups is 1. The van der Waals surface area contributed by atoms with Crippen molar-refractivity contribution in [1.29, 1.82) is 0 Å². The second kappa shape index (κ2) is 31.4. The summed E-state index contributed by atoms with van der Waals surface area (Å²) in [5, 5.41) is 28.4. The molecule has 3 rings (SSSR count). The summed E-state index contributed by atoms with van der Waals surface area (Å²) in [5.74, 6) is -3.56. The molecule has 18 heteroatoms. The lowest BCUT2D eigenvalue weighted by atomic mass is 10.0. The average molecular weight is 870 g/mol. The Balaban J connectivity index is 0.00000178. The molecule has 3 aromatic rings. The van der Waals surface area contributed by atoms with E-state index < -0.39 is 65.2 Å². The van der Waals surface area contributed by atoms with Crippen molar-refractivity contribution in [3.05, 3.63) is 150 Å². The molecule has 8 N–H and O–H groups in total. The molecule has 338 valence electrons. The Morgan fingerprint density at radius 2 is 1.38 bits per heavy atom. The van der Waals surface area contributed by atoms with E-state index in [-0.39, 0.29) is 25.8 Å². The van der Waals surface area contributed by atoms with E-state index in [1.807, 2.05) is 0 Å². The third-order valence-corrected chi connectivity index (χ3v) is 8.32. The van der Waals surface area contributed by atoms with Gasteiger partial charge in [0.2, 0.25) is 23.6 Å². The number of nitrogens with one attached hydrogen (secondary N) is 6. The molecule has 1 unspecified atom stereocenters. The molecule has 0 aromatic heterocycles. The molecule has 0 spiro atoms. The number of guanidine groups is 1.